The summed E-state index contributed by atoms with van der Waals surface area (Å²) in [5.74, 6) is -2.87. The molecule has 2 unspecified atom stereocenters. The Bertz CT molecular complexity index is 1150. The van der Waals surface area contributed by atoms with E-state index in [1.165, 1.54) is 19.2 Å². The summed E-state index contributed by atoms with van der Waals surface area (Å²) < 4.78 is 41.8. The molecule has 0 aromatic heterocycles. The van der Waals surface area contributed by atoms with Crippen LogP contribution in [0.2, 0.25) is 0 Å². The van der Waals surface area contributed by atoms with Crippen LogP contribution in [0, 0.1) is 17.3 Å². The highest BCUT2D eigenvalue weighted by atomic mass is 32.2. The van der Waals surface area contributed by atoms with E-state index in [-0.39, 0.29) is 42.6 Å². The van der Waals surface area contributed by atoms with E-state index in [1.807, 2.05) is 0 Å². The maximum atomic E-state index is 13.3. The summed E-state index contributed by atoms with van der Waals surface area (Å²) >= 11 is 0. The van der Waals surface area contributed by atoms with Gasteiger partial charge in [-0.15, -0.1) is 0 Å². The number of rotatable bonds is 10. The standard InChI is InChI=1S/C27H32O8S/c1-4-34-25(29)27(26(30)35-5-2)16-21(15-19-11-13-20(14-12-19)24(28)33-3)22(17-27)18-36(31,32)23-9-7-6-8-10-23/h6-14,21-22H,4-5,15-18H2,1-3H3. The van der Waals surface area contributed by atoms with Gasteiger partial charge in [-0.3, -0.25) is 9.59 Å². The molecule has 0 spiro atoms. The Labute approximate surface area is 211 Å². The first kappa shape index (κ1) is 27.4. The molecule has 1 aliphatic rings. The minimum absolute atomic E-state index is 0.0155. The van der Waals surface area contributed by atoms with Gasteiger partial charge >= 0.3 is 17.9 Å². The van der Waals surface area contributed by atoms with Gasteiger partial charge in [0.2, 0.25) is 0 Å². The summed E-state index contributed by atoms with van der Waals surface area (Å²) in [5, 5.41) is 0. The van der Waals surface area contributed by atoms with Crippen molar-refractivity contribution in [2.75, 3.05) is 26.1 Å². The smallest absolute Gasteiger partial charge is 0.337 e. The molecule has 2 atom stereocenters. The lowest BCUT2D eigenvalue weighted by Gasteiger charge is -2.24. The zero-order valence-electron chi connectivity index (χ0n) is 20.8. The van der Waals surface area contributed by atoms with E-state index >= 15 is 0 Å². The lowest BCUT2D eigenvalue weighted by Crippen LogP contribution is -2.40. The van der Waals surface area contributed by atoms with Gasteiger partial charge in [0.25, 0.3) is 0 Å². The predicted octanol–water partition coefficient (Wildman–Crippen LogP) is 3.63. The van der Waals surface area contributed by atoms with E-state index in [2.05, 4.69) is 0 Å². The fraction of sp³-hybridized carbons (Fsp3) is 0.444. The molecule has 1 saturated carbocycles. The number of carbonyl (C=O) groups is 3. The minimum Gasteiger partial charge on any atom is -0.465 e. The average Bonchev–Trinajstić information content (AvgIpc) is 3.23. The van der Waals surface area contributed by atoms with Crippen molar-refractivity contribution in [3.8, 4) is 0 Å². The number of methoxy groups -OCH3 is 1. The molecule has 36 heavy (non-hydrogen) atoms. The first-order valence-corrected chi connectivity index (χ1v) is 13.6. The van der Waals surface area contributed by atoms with E-state index in [4.69, 9.17) is 14.2 Å². The molecule has 8 nitrogen and oxygen atoms in total. The molecular formula is C27H32O8S. The minimum atomic E-state index is -3.68. The summed E-state index contributed by atoms with van der Waals surface area (Å²) in [6.07, 6.45) is 0.539. The van der Waals surface area contributed by atoms with Crippen LogP contribution in [0.15, 0.2) is 59.5 Å². The Morgan fingerprint density at radius 2 is 1.42 bits per heavy atom. The van der Waals surface area contributed by atoms with E-state index in [1.54, 1.807) is 56.3 Å². The van der Waals surface area contributed by atoms with Crippen molar-refractivity contribution >= 4 is 27.7 Å². The molecule has 0 heterocycles. The third-order valence-electron chi connectivity index (χ3n) is 6.63. The Balaban J connectivity index is 1.97. The highest BCUT2D eigenvalue weighted by molar-refractivity contribution is 7.91. The molecule has 0 aliphatic heterocycles. The molecule has 2 aromatic rings. The van der Waals surface area contributed by atoms with Crippen LogP contribution in [0.1, 0.15) is 42.6 Å². The van der Waals surface area contributed by atoms with Crippen molar-refractivity contribution in [2.45, 2.75) is 38.0 Å². The van der Waals surface area contributed by atoms with Gasteiger partial charge in [-0.1, -0.05) is 30.3 Å². The van der Waals surface area contributed by atoms with Crippen LogP contribution in [0.3, 0.4) is 0 Å². The van der Waals surface area contributed by atoms with Crippen LogP contribution in [0.5, 0.6) is 0 Å². The number of ether oxygens (including phenoxy) is 3. The van der Waals surface area contributed by atoms with Crippen LogP contribution in [-0.4, -0.2) is 52.4 Å². The number of sulfone groups is 1. The molecule has 3 rings (SSSR count). The number of esters is 3. The zero-order valence-corrected chi connectivity index (χ0v) is 21.6. The highest BCUT2D eigenvalue weighted by Gasteiger charge is 2.58. The van der Waals surface area contributed by atoms with Gasteiger partial charge in [-0.2, -0.15) is 0 Å². The van der Waals surface area contributed by atoms with E-state index < -0.39 is 39.1 Å². The monoisotopic (exact) mass is 516 g/mol. The van der Waals surface area contributed by atoms with Crippen LogP contribution in [-0.2, 0) is 40.1 Å². The summed E-state index contributed by atoms with van der Waals surface area (Å²) in [4.78, 5) is 38.2. The first-order chi connectivity index (χ1) is 17.2. The Hall–Kier alpha value is -3.20. The summed E-state index contributed by atoms with van der Waals surface area (Å²) in [6, 6.07) is 14.9. The van der Waals surface area contributed by atoms with E-state index in [0.717, 1.165) is 5.56 Å². The van der Waals surface area contributed by atoms with Gasteiger partial charge in [0.15, 0.2) is 15.3 Å². The molecule has 194 valence electrons. The fourth-order valence-corrected chi connectivity index (χ4v) is 6.62. The second-order valence-corrected chi connectivity index (χ2v) is 11.0. The third kappa shape index (κ3) is 5.95. The molecule has 0 bridgehead atoms. The Morgan fingerprint density at radius 1 is 0.861 bits per heavy atom. The average molecular weight is 517 g/mol. The summed E-state index contributed by atoms with van der Waals surface area (Å²) in [5.41, 5.74) is -0.332. The van der Waals surface area contributed by atoms with Crippen molar-refractivity contribution in [3.05, 3.63) is 65.7 Å². The molecule has 2 aromatic carbocycles. The molecule has 9 heteroatoms. The second kappa shape index (κ2) is 11.7. The first-order valence-electron chi connectivity index (χ1n) is 12.0. The molecular weight excluding hydrogens is 484 g/mol. The Morgan fingerprint density at radius 3 is 1.94 bits per heavy atom. The van der Waals surface area contributed by atoms with E-state index in [9.17, 15) is 22.8 Å². The van der Waals surface area contributed by atoms with Crippen molar-refractivity contribution in [1.82, 2.24) is 0 Å². The quantitative estimate of drug-likeness (QED) is 0.267. The van der Waals surface area contributed by atoms with Crippen LogP contribution in [0.4, 0.5) is 0 Å². The number of carbonyl (C=O) groups excluding carboxylic acids is 3. The van der Waals surface area contributed by atoms with Gasteiger partial charge < -0.3 is 14.2 Å². The van der Waals surface area contributed by atoms with Gasteiger partial charge in [0.05, 0.1) is 36.5 Å². The lowest BCUT2D eigenvalue weighted by molar-refractivity contribution is -0.172. The number of hydrogen-bond acceptors (Lipinski definition) is 8. The van der Waals surface area contributed by atoms with E-state index in [0.29, 0.717) is 12.0 Å². The molecule has 1 fully saturated rings. The van der Waals surface area contributed by atoms with Gasteiger partial charge in [-0.25, -0.2) is 13.2 Å². The number of benzene rings is 2. The zero-order chi connectivity index (χ0) is 26.3. The van der Waals surface area contributed by atoms with Gasteiger partial charge in [-0.05, 0) is 74.8 Å². The van der Waals surface area contributed by atoms with Crippen LogP contribution < -0.4 is 0 Å². The summed E-state index contributed by atoms with van der Waals surface area (Å²) in [7, 11) is -2.38. The van der Waals surface area contributed by atoms with Crippen molar-refractivity contribution in [1.29, 1.82) is 0 Å². The van der Waals surface area contributed by atoms with Crippen LogP contribution in [0.25, 0.3) is 0 Å². The molecule has 0 amide bonds. The van der Waals surface area contributed by atoms with Gasteiger partial charge in [0.1, 0.15) is 0 Å². The number of hydrogen-bond donors (Lipinski definition) is 0. The highest BCUT2D eigenvalue weighted by Crippen LogP contribution is 2.49. The second-order valence-electron chi connectivity index (χ2n) is 8.94. The van der Waals surface area contributed by atoms with Crippen molar-refractivity contribution in [3.63, 3.8) is 0 Å². The largest absolute Gasteiger partial charge is 0.465 e. The molecule has 0 N–H and O–H groups in total. The lowest BCUT2D eigenvalue weighted by atomic mass is 9.84. The maximum Gasteiger partial charge on any atom is 0.337 e. The third-order valence-corrected chi connectivity index (χ3v) is 8.49. The van der Waals surface area contributed by atoms with Crippen LogP contribution >= 0.6 is 0 Å². The molecule has 0 saturated heterocycles. The molecule has 0 radical (unpaired) electrons. The van der Waals surface area contributed by atoms with Gasteiger partial charge in [0, 0.05) is 0 Å². The maximum absolute atomic E-state index is 13.3. The SMILES string of the molecule is CCOC(=O)C1(C(=O)OCC)CC(Cc2ccc(C(=O)OC)cc2)C(CS(=O)(=O)c2ccccc2)C1. The fourth-order valence-electron chi connectivity index (χ4n) is 4.90. The van der Waals surface area contributed by atoms with Crippen molar-refractivity contribution < 1.29 is 37.0 Å². The van der Waals surface area contributed by atoms with Crippen molar-refractivity contribution in [2.24, 2.45) is 17.3 Å². The summed E-state index contributed by atoms with van der Waals surface area (Å²) in [6.45, 7) is 3.49. The normalized spacial score (nSPS) is 18.9. The Kier molecular flexibility index (Phi) is 8.89. The molecule has 1 aliphatic carbocycles. The predicted molar refractivity (Wildman–Crippen MR) is 132 cm³/mol. The topological polar surface area (TPSA) is 113 Å².